The third-order valence-electron chi connectivity index (χ3n) is 2.74. The Hall–Kier alpha value is -0.590. The second-order valence-electron chi connectivity index (χ2n) is 4.85. The second kappa shape index (κ2) is 7.61. The maximum atomic E-state index is 12.3. The molecule has 0 saturated heterocycles. The molecule has 1 N–H and O–H groups in total. The number of nitrogens with one attached hydrogen (secondary N) is 1. The lowest BCUT2D eigenvalue weighted by Gasteiger charge is -2.14. The van der Waals surface area contributed by atoms with E-state index >= 15 is 0 Å². The maximum absolute atomic E-state index is 12.3. The van der Waals surface area contributed by atoms with Gasteiger partial charge in [0.15, 0.2) is 0 Å². The van der Waals surface area contributed by atoms with Crippen LogP contribution in [0.15, 0.2) is 23.1 Å². The lowest BCUT2D eigenvalue weighted by molar-refractivity contribution is 0.162. The fraction of sp³-hybridized carbons (Fsp3) is 0.429. The molecular formula is C14H19Cl2NO3S. The van der Waals surface area contributed by atoms with Crippen LogP contribution < -0.4 is 4.72 Å². The molecule has 0 bridgehead atoms. The summed E-state index contributed by atoms with van der Waals surface area (Å²) >= 11 is 12.1. The van der Waals surface area contributed by atoms with Gasteiger partial charge in [-0.15, -0.1) is 0 Å². The van der Waals surface area contributed by atoms with E-state index in [9.17, 15) is 8.42 Å². The van der Waals surface area contributed by atoms with Crippen molar-refractivity contribution in [1.29, 1.82) is 0 Å². The molecule has 0 amide bonds. The van der Waals surface area contributed by atoms with Crippen molar-refractivity contribution in [1.82, 2.24) is 4.72 Å². The predicted octanol–water partition coefficient (Wildman–Crippen LogP) is 3.48. The van der Waals surface area contributed by atoms with Crippen LogP contribution in [0.3, 0.4) is 0 Å². The number of sulfonamides is 1. The monoisotopic (exact) mass is 351 g/mol. The van der Waals surface area contributed by atoms with E-state index in [0.717, 1.165) is 5.57 Å². The van der Waals surface area contributed by atoms with Gasteiger partial charge in [-0.2, -0.15) is 0 Å². The number of hydrogen-bond donors (Lipinski definition) is 1. The summed E-state index contributed by atoms with van der Waals surface area (Å²) < 4.78 is 32.4. The van der Waals surface area contributed by atoms with Gasteiger partial charge in [-0.3, -0.25) is 0 Å². The number of halogens is 2. The van der Waals surface area contributed by atoms with E-state index in [1.165, 1.54) is 0 Å². The predicted molar refractivity (Wildman–Crippen MR) is 86.8 cm³/mol. The second-order valence-corrected chi connectivity index (χ2v) is 7.34. The molecule has 0 saturated carbocycles. The molecule has 0 spiro atoms. The van der Waals surface area contributed by atoms with E-state index in [4.69, 9.17) is 27.9 Å². The Morgan fingerprint density at radius 2 is 2.00 bits per heavy atom. The Bertz CT molecular complexity index is 616. The van der Waals surface area contributed by atoms with Crippen molar-refractivity contribution in [3.63, 3.8) is 0 Å². The number of rotatable bonds is 7. The van der Waals surface area contributed by atoms with Gasteiger partial charge in [0.25, 0.3) is 0 Å². The summed E-state index contributed by atoms with van der Waals surface area (Å²) in [4.78, 5) is 0.0223. The van der Waals surface area contributed by atoms with Crippen LogP contribution >= 0.6 is 23.2 Å². The average molecular weight is 352 g/mol. The fourth-order valence-electron chi connectivity index (χ4n) is 1.70. The summed E-state index contributed by atoms with van der Waals surface area (Å²) in [5, 5.41) is 0.558. The molecule has 118 valence electrons. The van der Waals surface area contributed by atoms with Crippen LogP contribution in [0.5, 0.6) is 0 Å². The van der Waals surface area contributed by atoms with Gasteiger partial charge in [0.1, 0.15) is 4.90 Å². The van der Waals surface area contributed by atoms with Gasteiger partial charge < -0.3 is 4.74 Å². The maximum Gasteiger partial charge on any atom is 0.242 e. The molecule has 0 aromatic heterocycles. The molecule has 0 aliphatic heterocycles. The molecule has 0 atom stereocenters. The highest BCUT2D eigenvalue weighted by Crippen LogP contribution is 2.33. The van der Waals surface area contributed by atoms with E-state index in [2.05, 4.69) is 11.3 Å². The lowest BCUT2D eigenvalue weighted by Crippen LogP contribution is -2.28. The standard InChI is InChI=1S/C14H19Cl2NO3S/c1-9(2)8-20-6-5-17-21(18,19)14-11(4)12(15)7-10(3)13(14)16/h7,17H,1,5-6,8H2,2-4H3. The van der Waals surface area contributed by atoms with Crippen molar-refractivity contribution in [3.05, 3.63) is 39.4 Å². The highest BCUT2D eigenvalue weighted by molar-refractivity contribution is 7.89. The van der Waals surface area contributed by atoms with Crippen molar-refractivity contribution in [2.24, 2.45) is 0 Å². The first-order valence-corrected chi connectivity index (χ1v) is 8.57. The molecule has 0 heterocycles. The van der Waals surface area contributed by atoms with Crippen molar-refractivity contribution >= 4 is 33.2 Å². The Morgan fingerprint density at radius 3 is 2.57 bits per heavy atom. The van der Waals surface area contributed by atoms with Crippen LogP contribution in [0.1, 0.15) is 18.1 Å². The van der Waals surface area contributed by atoms with Crippen molar-refractivity contribution in [3.8, 4) is 0 Å². The molecule has 0 aliphatic rings. The minimum Gasteiger partial charge on any atom is -0.376 e. The zero-order valence-corrected chi connectivity index (χ0v) is 14.6. The molecule has 4 nitrogen and oxygen atoms in total. The molecule has 0 radical (unpaired) electrons. The zero-order chi connectivity index (χ0) is 16.2. The minimum absolute atomic E-state index is 0.0223. The van der Waals surface area contributed by atoms with E-state index in [1.54, 1.807) is 19.9 Å². The number of hydrogen-bond acceptors (Lipinski definition) is 3. The summed E-state index contributed by atoms with van der Waals surface area (Å²) in [6, 6.07) is 1.65. The first kappa shape index (κ1) is 18.5. The van der Waals surface area contributed by atoms with Crippen molar-refractivity contribution < 1.29 is 13.2 Å². The quantitative estimate of drug-likeness (QED) is 0.604. The summed E-state index contributed by atoms with van der Waals surface area (Å²) in [6.07, 6.45) is 0. The molecular weight excluding hydrogens is 333 g/mol. The normalized spacial score (nSPS) is 11.7. The van der Waals surface area contributed by atoms with E-state index in [0.29, 0.717) is 22.8 Å². The summed E-state index contributed by atoms with van der Waals surface area (Å²) in [6.45, 7) is 9.67. The fourth-order valence-corrected chi connectivity index (χ4v) is 3.92. The van der Waals surface area contributed by atoms with Gasteiger partial charge >= 0.3 is 0 Å². The van der Waals surface area contributed by atoms with Crippen LogP contribution in [0.2, 0.25) is 10.0 Å². The highest BCUT2D eigenvalue weighted by atomic mass is 35.5. The van der Waals surface area contributed by atoms with Crippen molar-refractivity contribution in [2.45, 2.75) is 25.7 Å². The smallest absolute Gasteiger partial charge is 0.242 e. The molecule has 0 fully saturated rings. The molecule has 7 heteroatoms. The van der Waals surface area contributed by atoms with Crippen LogP contribution in [0.4, 0.5) is 0 Å². The van der Waals surface area contributed by atoms with Gasteiger partial charge in [0.2, 0.25) is 10.0 Å². The van der Waals surface area contributed by atoms with Crippen LogP contribution in [-0.2, 0) is 14.8 Å². The van der Waals surface area contributed by atoms with Crippen LogP contribution in [0, 0.1) is 13.8 Å². The number of aryl methyl sites for hydroxylation is 1. The SMILES string of the molecule is C=C(C)COCCNS(=O)(=O)c1c(C)c(Cl)cc(C)c1Cl. The van der Waals surface area contributed by atoms with Gasteiger partial charge in [-0.05, 0) is 38.0 Å². The number of ether oxygens (including phenoxy) is 1. The van der Waals surface area contributed by atoms with E-state index in [1.807, 2.05) is 6.92 Å². The van der Waals surface area contributed by atoms with Crippen LogP contribution in [0.25, 0.3) is 0 Å². The molecule has 21 heavy (non-hydrogen) atoms. The van der Waals surface area contributed by atoms with E-state index in [-0.39, 0.29) is 23.1 Å². The summed E-state index contributed by atoms with van der Waals surface area (Å²) in [5.74, 6) is 0. The Balaban J connectivity index is 2.87. The molecule has 1 aromatic carbocycles. The average Bonchev–Trinajstić information content (AvgIpc) is 2.35. The van der Waals surface area contributed by atoms with Crippen LogP contribution in [-0.4, -0.2) is 28.2 Å². The summed E-state index contributed by atoms with van der Waals surface area (Å²) in [5.41, 5.74) is 1.93. The van der Waals surface area contributed by atoms with Gasteiger partial charge in [-0.1, -0.05) is 35.4 Å². The van der Waals surface area contributed by atoms with Gasteiger partial charge in [-0.25, -0.2) is 13.1 Å². The topological polar surface area (TPSA) is 55.4 Å². The largest absolute Gasteiger partial charge is 0.376 e. The Kier molecular flexibility index (Phi) is 6.69. The zero-order valence-electron chi connectivity index (χ0n) is 12.3. The van der Waals surface area contributed by atoms with E-state index < -0.39 is 10.0 Å². The minimum atomic E-state index is -3.74. The third-order valence-corrected chi connectivity index (χ3v) is 5.37. The number of benzene rings is 1. The van der Waals surface area contributed by atoms with Crippen molar-refractivity contribution in [2.75, 3.05) is 19.8 Å². The lowest BCUT2D eigenvalue weighted by atomic mass is 10.2. The van der Waals surface area contributed by atoms with Gasteiger partial charge in [0.05, 0.1) is 18.2 Å². The first-order valence-electron chi connectivity index (χ1n) is 6.33. The Morgan fingerprint density at radius 1 is 1.38 bits per heavy atom. The van der Waals surface area contributed by atoms with Gasteiger partial charge in [0, 0.05) is 11.6 Å². The first-order chi connectivity index (χ1) is 9.66. The highest BCUT2D eigenvalue weighted by Gasteiger charge is 2.23. The molecule has 0 aliphatic carbocycles. The summed E-state index contributed by atoms with van der Waals surface area (Å²) in [7, 11) is -3.74. The molecule has 1 aromatic rings. The third kappa shape index (κ3) is 4.97. The Labute approximate surface area is 136 Å². The molecule has 0 unspecified atom stereocenters. The molecule has 1 rings (SSSR count).